The molecule has 2 aliphatic heterocycles. The molecule has 0 unspecified atom stereocenters. The van der Waals surface area contributed by atoms with Crippen LogP contribution in [0.2, 0.25) is 0 Å². The number of nitrogens with one attached hydrogen (secondary N) is 2. The molecule has 0 radical (unpaired) electrons. The van der Waals surface area contributed by atoms with Gasteiger partial charge in [0.1, 0.15) is 0 Å². The van der Waals surface area contributed by atoms with Crippen LogP contribution in [-0.4, -0.2) is 53.5 Å². The minimum absolute atomic E-state index is 0.0727. The number of carbonyl (C=O) groups is 1. The molecule has 1 atom stereocenters. The molecule has 0 saturated carbocycles. The summed E-state index contributed by atoms with van der Waals surface area (Å²) in [5, 5.41) is 6.87. The largest absolute Gasteiger partial charge is 0.338 e. The van der Waals surface area contributed by atoms with E-state index in [1.807, 2.05) is 31.3 Å². The van der Waals surface area contributed by atoms with E-state index in [1.54, 1.807) is 11.1 Å². The molecule has 3 heterocycles. The summed E-state index contributed by atoms with van der Waals surface area (Å²) in [6, 6.07) is 7.73. The van der Waals surface area contributed by atoms with E-state index in [9.17, 15) is 4.79 Å². The zero-order valence-electron chi connectivity index (χ0n) is 14.7. The Kier molecular flexibility index (Phi) is 4.39. The highest BCUT2D eigenvalue weighted by Gasteiger charge is 2.42. The molecule has 2 N–H and O–H groups in total. The third-order valence-electron chi connectivity index (χ3n) is 5.60. The maximum Gasteiger partial charge on any atom is 0.239 e. The van der Waals surface area contributed by atoms with Gasteiger partial charge in [-0.25, -0.2) is 4.98 Å². The molecule has 2 aromatic rings. The number of amides is 1. The Hall–Kier alpha value is -2.05. The van der Waals surface area contributed by atoms with Crippen molar-refractivity contribution in [3.63, 3.8) is 0 Å². The van der Waals surface area contributed by atoms with Crippen LogP contribution in [0.1, 0.15) is 25.0 Å². The lowest BCUT2D eigenvalue weighted by molar-refractivity contribution is -0.132. The zero-order valence-corrected chi connectivity index (χ0v) is 14.7. The smallest absolute Gasteiger partial charge is 0.239 e. The van der Waals surface area contributed by atoms with Crippen LogP contribution in [0, 0.1) is 5.41 Å². The monoisotopic (exact) mass is 339 g/mol. The van der Waals surface area contributed by atoms with Crippen molar-refractivity contribution in [2.24, 2.45) is 5.41 Å². The van der Waals surface area contributed by atoms with Gasteiger partial charge in [0.25, 0.3) is 0 Å². The number of para-hydroxylation sites is 2. The average Bonchev–Trinajstić information content (AvgIpc) is 3.05. The van der Waals surface area contributed by atoms with Gasteiger partial charge in [-0.1, -0.05) is 12.1 Å². The molecule has 6 heteroatoms. The van der Waals surface area contributed by atoms with Crippen LogP contribution in [0.3, 0.4) is 0 Å². The van der Waals surface area contributed by atoms with Crippen LogP contribution in [0.4, 0.5) is 0 Å². The Labute approximate surface area is 148 Å². The number of piperidine rings is 1. The molecule has 2 aliphatic rings. The van der Waals surface area contributed by atoms with Crippen molar-refractivity contribution in [2.45, 2.75) is 31.8 Å². The standard InChI is InChI=1S/C19H25N5O/c1-24(12-14-11-21-15-4-2-3-5-16(15)23-14)18(25)17-10-19(13-22-17)6-8-20-9-7-19/h2-5,11,17,20,22H,6-10,12-13H2,1H3/t17-/m1/s1. The number of hydrogen-bond donors (Lipinski definition) is 2. The molecule has 6 nitrogen and oxygen atoms in total. The zero-order chi connectivity index (χ0) is 17.3. The van der Waals surface area contributed by atoms with Crippen LogP contribution in [0.25, 0.3) is 11.0 Å². The summed E-state index contributed by atoms with van der Waals surface area (Å²) in [6.45, 7) is 3.56. The second-order valence-electron chi connectivity index (χ2n) is 7.43. The predicted molar refractivity (Wildman–Crippen MR) is 97.0 cm³/mol. The molecule has 1 spiro atoms. The molecule has 2 saturated heterocycles. The summed E-state index contributed by atoms with van der Waals surface area (Å²) in [4.78, 5) is 23.7. The first-order valence-electron chi connectivity index (χ1n) is 9.05. The molecule has 25 heavy (non-hydrogen) atoms. The van der Waals surface area contributed by atoms with E-state index in [0.717, 1.165) is 55.6 Å². The van der Waals surface area contributed by atoms with E-state index in [1.165, 1.54) is 0 Å². The molecule has 4 rings (SSSR count). The van der Waals surface area contributed by atoms with Gasteiger partial charge in [0.05, 0.1) is 35.5 Å². The first kappa shape index (κ1) is 16.4. The van der Waals surface area contributed by atoms with E-state index in [-0.39, 0.29) is 11.9 Å². The topological polar surface area (TPSA) is 70.2 Å². The number of carbonyl (C=O) groups excluding carboxylic acids is 1. The first-order chi connectivity index (χ1) is 12.2. The lowest BCUT2D eigenvalue weighted by atomic mass is 9.77. The number of fused-ring (bicyclic) bond motifs is 1. The first-order valence-corrected chi connectivity index (χ1v) is 9.05. The third kappa shape index (κ3) is 3.37. The average molecular weight is 339 g/mol. The number of nitrogens with zero attached hydrogens (tertiary/aromatic N) is 3. The molecule has 0 aliphatic carbocycles. The Morgan fingerprint density at radius 1 is 1.28 bits per heavy atom. The minimum atomic E-state index is -0.0727. The van der Waals surface area contributed by atoms with Crippen molar-refractivity contribution in [3.8, 4) is 0 Å². The summed E-state index contributed by atoms with van der Waals surface area (Å²) in [7, 11) is 1.86. The molecule has 1 aromatic carbocycles. The summed E-state index contributed by atoms with van der Waals surface area (Å²) < 4.78 is 0. The molecule has 1 amide bonds. The molecule has 0 bridgehead atoms. The maximum absolute atomic E-state index is 12.8. The molecule has 132 valence electrons. The van der Waals surface area contributed by atoms with Crippen LogP contribution in [-0.2, 0) is 11.3 Å². The third-order valence-corrected chi connectivity index (χ3v) is 5.60. The van der Waals surface area contributed by atoms with Gasteiger partial charge in [-0.2, -0.15) is 0 Å². The predicted octanol–water partition coefficient (Wildman–Crippen LogP) is 1.32. The molecule has 1 aromatic heterocycles. The van der Waals surface area contributed by atoms with Crippen molar-refractivity contribution in [2.75, 3.05) is 26.7 Å². The molecular weight excluding hydrogens is 314 g/mol. The van der Waals surface area contributed by atoms with Gasteiger partial charge in [-0.3, -0.25) is 9.78 Å². The van der Waals surface area contributed by atoms with Crippen molar-refractivity contribution in [1.82, 2.24) is 25.5 Å². The second kappa shape index (κ2) is 6.69. The van der Waals surface area contributed by atoms with Crippen molar-refractivity contribution >= 4 is 16.9 Å². The van der Waals surface area contributed by atoms with E-state index in [0.29, 0.717) is 12.0 Å². The van der Waals surface area contributed by atoms with Crippen molar-refractivity contribution < 1.29 is 4.79 Å². The Balaban J connectivity index is 1.41. The van der Waals surface area contributed by atoms with Gasteiger partial charge in [-0.05, 0) is 49.9 Å². The lowest BCUT2D eigenvalue weighted by Crippen LogP contribution is -2.41. The van der Waals surface area contributed by atoms with Crippen molar-refractivity contribution in [3.05, 3.63) is 36.2 Å². The molecular formula is C19H25N5O. The van der Waals surface area contributed by atoms with Gasteiger partial charge in [0.15, 0.2) is 0 Å². The fourth-order valence-electron chi connectivity index (χ4n) is 4.09. The van der Waals surface area contributed by atoms with Gasteiger partial charge < -0.3 is 15.5 Å². The summed E-state index contributed by atoms with van der Waals surface area (Å²) in [6.07, 6.45) is 5.02. The van der Waals surface area contributed by atoms with Gasteiger partial charge in [0, 0.05) is 13.6 Å². The van der Waals surface area contributed by atoms with Crippen LogP contribution < -0.4 is 10.6 Å². The highest BCUT2D eigenvalue weighted by molar-refractivity contribution is 5.82. The number of hydrogen-bond acceptors (Lipinski definition) is 5. The second-order valence-corrected chi connectivity index (χ2v) is 7.43. The van der Waals surface area contributed by atoms with Gasteiger partial charge in [-0.15, -0.1) is 0 Å². The van der Waals surface area contributed by atoms with Gasteiger partial charge in [0.2, 0.25) is 5.91 Å². The summed E-state index contributed by atoms with van der Waals surface area (Å²) in [5.41, 5.74) is 2.87. The minimum Gasteiger partial charge on any atom is -0.338 e. The number of likely N-dealkylation sites (N-methyl/N-ethyl adjacent to an activating group) is 1. The number of rotatable bonds is 3. The number of aromatic nitrogens is 2. The van der Waals surface area contributed by atoms with E-state index in [2.05, 4.69) is 20.6 Å². The van der Waals surface area contributed by atoms with Gasteiger partial charge >= 0.3 is 0 Å². The summed E-state index contributed by atoms with van der Waals surface area (Å²) in [5.74, 6) is 0.158. The van der Waals surface area contributed by atoms with Crippen molar-refractivity contribution in [1.29, 1.82) is 0 Å². The van der Waals surface area contributed by atoms with E-state index in [4.69, 9.17) is 0 Å². The van der Waals surface area contributed by atoms with Crippen LogP contribution >= 0.6 is 0 Å². The SMILES string of the molecule is CN(Cc1cnc2ccccc2n1)C(=O)[C@H]1CC2(CCNCC2)CN1. The van der Waals surface area contributed by atoms with Crippen LogP contribution in [0.5, 0.6) is 0 Å². The highest BCUT2D eigenvalue weighted by atomic mass is 16.2. The summed E-state index contributed by atoms with van der Waals surface area (Å²) >= 11 is 0. The number of benzene rings is 1. The maximum atomic E-state index is 12.8. The van der Waals surface area contributed by atoms with E-state index < -0.39 is 0 Å². The normalized spacial score (nSPS) is 22.4. The molecule has 2 fully saturated rings. The fourth-order valence-corrected chi connectivity index (χ4v) is 4.09. The Bertz CT molecular complexity index is 771. The Morgan fingerprint density at radius 2 is 2.04 bits per heavy atom. The Morgan fingerprint density at radius 3 is 2.84 bits per heavy atom. The van der Waals surface area contributed by atoms with E-state index >= 15 is 0 Å². The lowest BCUT2D eigenvalue weighted by Gasteiger charge is -2.33. The quantitative estimate of drug-likeness (QED) is 0.883. The fraction of sp³-hybridized carbons (Fsp3) is 0.526. The van der Waals surface area contributed by atoms with Crippen LogP contribution in [0.15, 0.2) is 30.5 Å². The highest BCUT2D eigenvalue weighted by Crippen LogP contribution is 2.37.